The summed E-state index contributed by atoms with van der Waals surface area (Å²) in [4.78, 5) is 20.6. The SMILES string of the molecule is Cl.Cl.N#Cc1ccc(Cn2cncc2CN2CCN(c3cccc(Cl)c3)C(=O)C2)c(F)c1. The molecule has 1 aliphatic rings. The molecule has 2 aromatic carbocycles. The number of amides is 1. The molecule has 0 atom stereocenters. The Balaban J connectivity index is 0.00000181. The van der Waals surface area contributed by atoms with Crippen LogP contribution in [0.4, 0.5) is 10.1 Å². The van der Waals surface area contributed by atoms with E-state index in [9.17, 15) is 9.18 Å². The number of nitrogens with zero attached hydrogens (tertiary/aromatic N) is 5. The third-order valence-corrected chi connectivity index (χ3v) is 5.36. The van der Waals surface area contributed by atoms with Crippen LogP contribution in [0.15, 0.2) is 55.0 Å². The molecule has 4 rings (SSSR count). The van der Waals surface area contributed by atoms with E-state index in [2.05, 4.69) is 4.98 Å². The van der Waals surface area contributed by atoms with E-state index in [0.29, 0.717) is 36.8 Å². The fraction of sp³-hybridized carbons (Fsp3) is 0.227. The lowest BCUT2D eigenvalue weighted by Crippen LogP contribution is -2.50. The first kappa shape index (κ1) is 25.6. The number of hydrogen-bond acceptors (Lipinski definition) is 4. The minimum atomic E-state index is -0.418. The molecule has 2 heterocycles. The predicted octanol–water partition coefficient (Wildman–Crippen LogP) is 4.29. The summed E-state index contributed by atoms with van der Waals surface area (Å²) in [5, 5.41) is 9.49. The van der Waals surface area contributed by atoms with Crippen LogP contribution in [0, 0.1) is 17.1 Å². The van der Waals surface area contributed by atoms with Gasteiger partial charge in [-0.25, -0.2) is 9.37 Å². The summed E-state index contributed by atoms with van der Waals surface area (Å²) >= 11 is 6.05. The number of carbonyl (C=O) groups excluding carboxylic acids is 1. The van der Waals surface area contributed by atoms with Crippen molar-refractivity contribution < 1.29 is 9.18 Å². The van der Waals surface area contributed by atoms with Gasteiger partial charge in [-0.05, 0) is 30.3 Å². The fourth-order valence-corrected chi connectivity index (χ4v) is 3.74. The largest absolute Gasteiger partial charge is 0.329 e. The number of piperazine rings is 1. The van der Waals surface area contributed by atoms with Gasteiger partial charge < -0.3 is 9.47 Å². The number of aromatic nitrogens is 2. The van der Waals surface area contributed by atoms with E-state index in [1.807, 2.05) is 27.7 Å². The minimum Gasteiger partial charge on any atom is -0.329 e. The number of anilines is 1. The molecule has 1 aromatic heterocycles. The maximum atomic E-state index is 14.2. The summed E-state index contributed by atoms with van der Waals surface area (Å²) in [6.45, 7) is 2.39. The van der Waals surface area contributed by atoms with Crippen LogP contribution in [0.5, 0.6) is 0 Å². The number of imidazole rings is 1. The second-order valence-corrected chi connectivity index (χ2v) is 7.60. The summed E-state index contributed by atoms with van der Waals surface area (Å²) < 4.78 is 16.1. The predicted molar refractivity (Wildman–Crippen MR) is 126 cm³/mol. The van der Waals surface area contributed by atoms with E-state index in [1.54, 1.807) is 41.7 Å². The van der Waals surface area contributed by atoms with Gasteiger partial charge in [-0.1, -0.05) is 23.7 Å². The van der Waals surface area contributed by atoms with Gasteiger partial charge in [0.25, 0.3) is 0 Å². The number of carbonyl (C=O) groups is 1. The monoisotopic (exact) mass is 495 g/mol. The van der Waals surface area contributed by atoms with Crippen LogP contribution < -0.4 is 4.90 Å². The molecule has 1 amide bonds. The van der Waals surface area contributed by atoms with Crippen molar-refractivity contribution in [3.05, 3.63) is 82.6 Å². The molecule has 32 heavy (non-hydrogen) atoms. The van der Waals surface area contributed by atoms with Gasteiger partial charge in [0.05, 0.1) is 36.7 Å². The highest BCUT2D eigenvalue weighted by molar-refractivity contribution is 6.30. The van der Waals surface area contributed by atoms with E-state index in [-0.39, 0.29) is 42.8 Å². The maximum absolute atomic E-state index is 14.2. The lowest BCUT2D eigenvalue weighted by atomic mass is 10.1. The number of halogens is 4. The minimum absolute atomic E-state index is 0. The number of hydrogen-bond donors (Lipinski definition) is 0. The highest BCUT2D eigenvalue weighted by atomic mass is 35.5. The zero-order valence-electron chi connectivity index (χ0n) is 16.9. The van der Waals surface area contributed by atoms with Crippen molar-refractivity contribution in [3.8, 4) is 6.07 Å². The molecule has 0 aliphatic carbocycles. The van der Waals surface area contributed by atoms with Crippen LogP contribution in [-0.4, -0.2) is 40.0 Å². The Morgan fingerprint density at radius 1 is 1.12 bits per heavy atom. The molecule has 0 spiro atoms. The Kier molecular flexibility index (Phi) is 9.05. The lowest BCUT2D eigenvalue weighted by Gasteiger charge is -2.34. The average molecular weight is 497 g/mol. The maximum Gasteiger partial charge on any atom is 0.241 e. The van der Waals surface area contributed by atoms with Gasteiger partial charge in [0.2, 0.25) is 5.91 Å². The molecule has 0 saturated carbocycles. The molecule has 3 aromatic rings. The van der Waals surface area contributed by atoms with Crippen molar-refractivity contribution in [1.82, 2.24) is 14.5 Å². The van der Waals surface area contributed by atoms with Crippen LogP contribution in [0.1, 0.15) is 16.8 Å². The average Bonchev–Trinajstić information content (AvgIpc) is 3.16. The molecule has 0 radical (unpaired) electrons. The van der Waals surface area contributed by atoms with Gasteiger partial charge >= 0.3 is 0 Å². The first-order valence-electron chi connectivity index (χ1n) is 9.49. The number of benzene rings is 2. The Bertz CT molecular complexity index is 1130. The molecular weight excluding hydrogens is 476 g/mol. The van der Waals surface area contributed by atoms with Crippen molar-refractivity contribution >= 4 is 48.0 Å². The van der Waals surface area contributed by atoms with Gasteiger partial charge in [-0.15, -0.1) is 24.8 Å². The Morgan fingerprint density at radius 3 is 2.62 bits per heavy atom. The van der Waals surface area contributed by atoms with Crippen LogP contribution in [0.3, 0.4) is 0 Å². The van der Waals surface area contributed by atoms with Gasteiger partial charge in [0, 0.05) is 42.1 Å². The molecule has 168 valence electrons. The first-order valence-corrected chi connectivity index (χ1v) is 9.87. The van der Waals surface area contributed by atoms with Gasteiger partial charge in [0.15, 0.2) is 0 Å². The van der Waals surface area contributed by atoms with E-state index < -0.39 is 5.82 Å². The Labute approximate surface area is 203 Å². The number of nitriles is 1. The van der Waals surface area contributed by atoms with Gasteiger partial charge in [-0.2, -0.15) is 5.26 Å². The summed E-state index contributed by atoms with van der Waals surface area (Å²) in [5.41, 5.74) is 2.46. The molecule has 0 bridgehead atoms. The van der Waals surface area contributed by atoms with Crippen molar-refractivity contribution in [1.29, 1.82) is 5.26 Å². The Morgan fingerprint density at radius 2 is 1.94 bits per heavy atom. The standard InChI is InChI=1S/C22H19ClFN5O.2ClH/c23-18-2-1-3-19(9-18)29-7-6-27(14-22(29)30)13-20-11-26-15-28(20)12-17-5-4-16(10-25)8-21(17)24;;/h1-5,8-9,11,15H,6-7,12-14H2;2*1H. The second kappa shape index (κ2) is 11.3. The van der Waals surface area contributed by atoms with E-state index >= 15 is 0 Å². The van der Waals surface area contributed by atoms with Crippen molar-refractivity contribution in [2.45, 2.75) is 13.1 Å². The quantitative estimate of drug-likeness (QED) is 0.529. The molecule has 6 nitrogen and oxygen atoms in total. The van der Waals surface area contributed by atoms with Crippen LogP contribution in [-0.2, 0) is 17.9 Å². The van der Waals surface area contributed by atoms with Gasteiger partial charge in [0.1, 0.15) is 5.82 Å². The summed E-state index contributed by atoms with van der Waals surface area (Å²) in [7, 11) is 0. The molecule has 10 heteroatoms. The number of rotatable bonds is 5. The van der Waals surface area contributed by atoms with Crippen molar-refractivity contribution in [2.24, 2.45) is 0 Å². The van der Waals surface area contributed by atoms with Gasteiger partial charge in [-0.3, -0.25) is 9.69 Å². The van der Waals surface area contributed by atoms with Crippen molar-refractivity contribution in [2.75, 3.05) is 24.5 Å². The zero-order chi connectivity index (χ0) is 21.1. The van der Waals surface area contributed by atoms with Crippen LogP contribution in [0.25, 0.3) is 0 Å². The summed E-state index contributed by atoms with van der Waals surface area (Å²) in [5.74, 6) is -0.410. The second-order valence-electron chi connectivity index (χ2n) is 7.17. The molecule has 0 N–H and O–H groups in total. The van der Waals surface area contributed by atoms with Crippen LogP contribution >= 0.6 is 36.4 Å². The summed E-state index contributed by atoms with van der Waals surface area (Å²) in [6.07, 6.45) is 3.38. The van der Waals surface area contributed by atoms with Crippen LogP contribution in [0.2, 0.25) is 5.02 Å². The molecular formula is C22H21Cl3FN5O. The molecule has 1 saturated heterocycles. The fourth-order valence-electron chi connectivity index (χ4n) is 3.55. The van der Waals surface area contributed by atoms with Crippen molar-refractivity contribution in [3.63, 3.8) is 0 Å². The van der Waals surface area contributed by atoms with E-state index in [0.717, 1.165) is 11.4 Å². The topological polar surface area (TPSA) is 65.2 Å². The first-order chi connectivity index (χ1) is 14.5. The highest BCUT2D eigenvalue weighted by Crippen LogP contribution is 2.22. The lowest BCUT2D eigenvalue weighted by molar-refractivity contribution is -0.121. The highest BCUT2D eigenvalue weighted by Gasteiger charge is 2.26. The third kappa shape index (κ3) is 5.78. The van der Waals surface area contributed by atoms with E-state index in [4.69, 9.17) is 16.9 Å². The Hall–Kier alpha value is -2.63. The molecule has 1 aliphatic heterocycles. The normalized spacial score (nSPS) is 13.8. The smallest absolute Gasteiger partial charge is 0.241 e. The van der Waals surface area contributed by atoms with E-state index in [1.165, 1.54) is 6.07 Å². The summed E-state index contributed by atoms with van der Waals surface area (Å²) in [6, 6.07) is 13.7. The zero-order valence-corrected chi connectivity index (χ0v) is 19.3. The third-order valence-electron chi connectivity index (χ3n) is 5.13. The molecule has 1 fully saturated rings. The molecule has 0 unspecified atom stereocenters.